The molecule has 0 radical (unpaired) electrons. The Kier molecular flexibility index (Phi) is 5.54. The Morgan fingerprint density at radius 1 is 1.55 bits per heavy atom. The summed E-state index contributed by atoms with van der Waals surface area (Å²) in [6, 6.07) is 0.238. The van der Waals surface area contributed by atoms with E-state index in [0.29, 0.717) is 5.92 Å². The molecule has 0 aliphatic heterocycles. The monoisotopic (exact) mass is 295 g/mol. The summed E-state index contributed by atoms with van der Waals surface area (Å²) in [4.78, 5) is 16.7. The van der Waals surface area contributed by atoms with Gasteiger partial charge in [0.2, 0.25) is 5.91 Å². The van der Waals surface area contributed by atoms with Crippen LogP contribution in [0.15, 0.2) is 5.38 Å². The van der Waals surface area contributed by atoms with Crippen molar-refractivity contribution in [3.05, 3.63) is 11.1 Å². The van der Waals surface area contributed by atoms with Gasteiger partial charge in [-0.2, -0.15) is 0 Å². The van der Waals surface area contributed by atoms with Gasteiger partial charge < -0.3 is 10.6 Å². The third kappa shape index (κ3) is 3.79. The molecule has 1 aliphatic rings. The summed E-state index contributed by atoms with van der Waals surface area (Å²) in [7, 11) is 0. The zero-order valence-electron chi connectivity index (χ0n) is 12.6. The van der Waals surface area contributed by atoms with Crippen molar-refractivity contribution in [2.45, 2.75) is 52.5 Å². The molecule has 0 saturated heterocycles. The van der Waals surface area contributed by atoms with E-state index in [1.165, 1.54) is 24.2 Å². The molecular weight excluding hydrogens is 270 g/mol. The van der Waals surface area contributed by atoms with Crippen molar-refractivity contribution < 1.29 is 4.79 Å². The van der Waals surface area contributed by atoms with Crippen LogP contribution in [0.2, 0.25) is 0 Å². The second-order valence-electron chi connectivity index (χ2n) is 5.76. The van der Waals surface area contributed by atoms with Crippen LogP contribution in [0.3, 0.4) is 0 Å². The van der Waals surface area contributed by atoms with Crippen molar-refractivity contribution in [2.75, 3.05) is 11.9 Å². The van der Waals surface area contributed by atoms with Crippen molar-refractivity contribution in [3.8, 4) is 0 Å². The fourth-order valence-corrected chi connectivity index (χ4v) is 3.55. The third-order valence-corrected chi connectivity index (χ3v) is 4.87. The largest absolute Gasteiger partial charge is 0.309 e. The zero-order valence-corrected chi connectivity index (χ0v) is 13.4. The van der Waals surface area contributed by atoms with Gasteiger partial charge in [0.1, 0.15) is 0 Å². The molecule has 1 aromatic rings. The van der Waals surface area contributed by atoms with Gasteiger partial charge in [0, 0.05) is 17.3 Å². The van der Waals surface area contributed by atoms with Crippen molar-refractivity contribution in [1.29, 1.82) is 0 Å². The summed E-state index contributed by atoms with van der Waals surface area (Å²) in [6.45, 7) is 7.41. The highest BCUT2D eigenvalue weighted by Crippen LogP contribution is 2.32. The van der Waals surface area contributed by atoms with Crippen LogP contribution in [0.5, 0.6) is 0 Å². The molecule has 0 spiro atoms. The molecule has 0 bridgehead atoms. The van der Waals surface area contributed by atoms with Gasteiger partial charge in [0.15, 0.2) is 5.13 Å². The minimum Gasteiger partial charge on any atom is -0.309 e. The number of amides is 1. The van der Waals surface area contributed by atoms with Gasteiger partial charge in [0.25, 0.3) is 0 Å². The van der Waals surface area contributed by atoms with E-state index in [1.807, 2.05) is 5.38 Å². The molecular formula is C15H25N3OS. The maximum atomic E-state index is 12.2. The number of carbonyl (C=O) groups is 1. The van der Waals surface area contributed by atoms with Crippen molar-refractivity contribution in [3.63, 3.8) is 0 Å². The van der Waals surface area contributed by atoms with Crippen LogP contribution in [-0.2, 0) is 4.79 Å². The molecule has 5 heteroatoms. The topological polar surface area (TPSA) is 54.0 Å². The van der Waals surface area contributed by atoms with E-state index in [9.17, 15) is 4.79 Å². The predicted molar refractivity (Wildman–Crippen MR) is 84.0 cm³/mol. The number of aromatic nitrogens is 1. The second-order valence-corrected chi connectivity index (χ2v) is 6.62. The Bertz CT molecular complexity index is 446. The fraction of sp³-hybridized carbons (Fsp3) is 0.733. The number of nitrogens with zero attached hydrogens (tertiary/aromatic N) is 1. The highest BCUT2D eigenvalue weighted by Gasteiger charge is 2.30. The van der Waals surface area contributed by atoms with Gasteiger partial charge in [-0.25, -0.2) is 4.98 Å². The van der Waals surface area contributed by atoms with Crippen LogP contribution >= 0.6 is 11.3 Å². The first kappa shape index (κ1) is 15.4. The van der Waals surface area contributed by atoms with Crippen LogP contribution in [0, 0.1) is 11.8 Å². The summed E-state index contributed by atoms with van der Waals surface area (Å²) >= 11 is 1.52. The number of nitrogens with one attached hydrogen (secondary N) is 2. The van der Waals surface area contributed by atoms with Crippen LogP contribution in [0.25, 0.3) is 0 Å². The molecule has 1 fully saturated rings. The first-order chi connectivity index (χ1) is 9.61. The van der Waals surface area contributed by atoms with E-state index < -0.39 is 0 Å². The lowest BCUT2D eigenvalue weighted by Gasteiger charge is -2.13. The molecule has 1 aliphatic carbocycles. The molecule has 0 aromatic carbocycles. The van der Waals surface area contributed by atoms with E-state index >= 15 is 0 Å². The Labute approximate surface area is 125 Å². The van der Waals surface area contributed by atoms with E-state index in [2.05, 4.69) is 36.4 Å². The SMILES string of the molecule is CCCNC(C)c1csc(NC(=O)C2CCCC2C)n1. The number of hydrogen-bond donors (Lipinski definition) is 2. The first-order valence-electron chi connectivity index (χ1n) is 7.61. The van der Waals surface area contributed by atoms with E-state index in [4.69, 9.17) is 0 Å². The summed E-state index contributed by atoms with van der Waals surface area (Å²) in [5.74, 6) is 0.808. The standard InChI is InChI=1S/C15H25N3OS/c1-4-8-16-11(3)13-9-20-15(17-13)18-14(19)12-7-5-6-10(12)2/h9-12,16H,4-8H2,1-3H3,(H,17,18,19). The minimum atomic E-state index is 0.144. The summed E-state index contributed by atoms with van der Waals surface area (Å²) < 4.78 is 0. The quantitative estimate of drug-likeness (QED) is 0.843. The Balaban J connectivity index is 1.90. The number of anilines is 1. The molecule has 4 nitrogen and oxygen atoms in total. The smallest absolute Gasteiger partial charge is 0.229 e. The summed E-state index contributed by atoms with van der Waals surface area (Å²) in [6.07, 6.45) is 4.46. The molecule has 2 N–H and O–H groups in total. The van der Waals surface area contributed by atoms with Crippen molar-refractivity contribution >= 4 is 22.4 Å². The molecule has 112 valence electrons. The lowest BCUT2D eigenvalue weighted by atomic mass is 9.97. The van der Waals surface area contributed by atoms with Crippen LogP contribution in [0.1, 0.15) is 58.2 Å². The van der Waals surface area contributed by atoms with E-state index in [-0.39, 0.29) is 17.9 Å². The van der Waals surface area contributed by atoms with Gasteiger partial charge in [-0.3, -0.25) is 4.79 Å². The van der Waals surface area contributed by atoms with Crippen LogP contribution in [-0.4, -0.2) is 17.4 Å². The van der Waals surface area contributed by atoms with Gasteiger partial charge in [-0.1, -0.05) is 20.3 Å². The highest BCUT2D eigenvalue weighted by atomic mass is 32.1. The average Bonchev–Trinajstić information content (AvgIpc) is 3.05. The molecule has 3 unspecified atom stereocenters. The highest BCUT2D eigenvalue weighted by molar-refractivity contribution is 7.13. The second kappa shape index (κ2) is 7.18. The van der Waals surface area contributed by atoms with Gasteiger partial charge >= 0.3 is 0 Å². The number of thiazole rings is 1. The number of carbonyl (C=O) groups excluding carboxylic acids is 1. The molecule has 3 atom stereocenters. The van der Waals surface area contributed by atoms with Crippen LogP contribution in [0.4, 0.5) is 5.13 Å². The lowest BCUT2D eigenvalue weighted by molar-refractivity contribution is -0.120. The van der Waals surface area contributed by atoms with Crippen LogP contribution < -0.4 is 10.6 Å². The summed E-state index contributed by atoms with van der Waals surface area (Å²) in [5.41, 5.74) is 1.01. The van der Waals surface area contributed by atoms with Gasteiger partial charge in [-0.05, 0) is 38.6 Å². The molecule has 20 heavy (non-hydrogen) atoms. The number of rotatable bonds is 6. The maximum Gasteiger partial charge on any atom is 0.229 e. The average molecular weight is 295 g/mol. The van der Waals surface area contributed by atoms with E-state index in [0.717, 1.165) is 30.2 Å². The number of hydrogen-bond acceptors (Lipinski definition) is 4. The maximum absolute atomic E-state index is 12.2. The Morgan fingerprint density at radius 2 is 2.35 bits per heavy atom. The fourth-order valence-electron chi connectivity index (χ4n) is 2.74. The molecule has 1 saturated carbocycles. The normalized spacial score (nSPS) is 23.8. The molecule has 1 heterocycles. The lowest BCUT2D eigenvalue weighted by Crippen LogP contribution is -2.24. The predicted octanol–water partition coefficient (Wildman–Crippen LogP) is 3.58. The van der Waals surface area contributed by atoms with Crippen molar-refractivity contribution in [2.24, 2.45) is 11.8 Å². The minimum absolute atomic E-state index is 0.144. The Hall–Kier alpha value is -0.940. The molecule has 2 rings (SSSR count). The zero-order chi connectivity index (χ0) is 14.5. The summed E-state index contributed by atoms with van der Waals surface area (Å²) in [5, 5.41) is 9.15. The van der Waals surface area contributed by atoms with Gasteiger partial charge in [0.05, 0.1) is 5.69 Å². The third-order valence-electron chi connectivity index (χ3n) is 4.09. The molecule has 1 aromatic heterocycles. The van der Waals surface area contributed by atoms with E-state index in [1.54, 1.807) is 0 Å². The Morgan fingerprint density at radius 3 is 3.00 bits per heavy atom. The first-order valence-corrected chi connectivity index (χ1v) is 8.49. The van der Waals surface area contributed by atoms with Gasteiger partial charge in [-0.15, -0.1) is 11.3 Å². The molecule has 1 amide bonds. The van der Waals surface area contributed by atoms with Crippen molar-refractivity contribution in [1.82, 2.24) is 10.3 Å².